The van der Waals surface area contributed by atoms with Gasteiger partial charge in [0.25, 0.3) is 5.56 Å². The van der Waals surface area contributed by atoms with E-state index in [4.69, 9.17) is 4.98 Å². The molecule has 5 rings (SSSR count). The first-order valence-electron chi connectivity index (χ1n) is 11.2. The van der Waals surface area contributed by atoms with Gasteiger partial charge in [0.1, 0.15) is 17.6 Å². The average Bonchev–Trinajstić information content (AvgIpc) is 3.53. The molecule has 0 amide bonds. The molecule has 0 bridgehead atoms. The van der Waals surface area contributed by atoms with Gasteiger partial charge in [0.05, 0.1) is 46.2 Å². The fraction of sp³-hybridized carbons (Fsp3) is 0.160. The van der Waals surface area contributed by atoms with Gasteiger partial charge in [0.2, 0.25) is 0 Å². The number of pyridine rings is 1. The number of nitrogens with zero attached hydrogens (tertiary/aromatic N) is 3. The van der Waals surface area contributed by atoms with Crippen LogP contribution in [-0.2, 0) is 11.4 Å². The molecule has 10 nitrogen and oxygen atoms in total. The molecule has 5 N–H and O–H groups in total. The standard InChI is InChI=1S/C25H25N7O3S/c1-15-11-18(32-10-9-26-14-32)12-20-23(15)30-24(29-20)22-19(7-8-27-25(22)34)28-13-21(33)16-3-5-17(6-4-16)31-36(2)35/h3-12,14,21,31,33H,13H2,1-2H3,(H,29,30)(H2,27,28,34). The monoisotopic (exact) mass is 503 g/mol. The lowest BCUT2D eigenvalue weighted by Crippen LogP contribution is -2.17. The molecular formula is C25H25N7O3S. The Bertz CT molecular complexity index is 1540. The predicted octanol–water partition coefficient (Wildman–Crippen LogP) is 3.26. The van der Waals surface area contributed by atoms with Gasteiger partial charge in [0.15, 0.2) is 0 Å². The summed E-state index contributed by atoms with van der Waals surface area (Å²) in [5.41, 5.74) is 5.45. The molecule has 3 aromatic heterocycles. The average molecular weight is 504 g/mol. The Hall–Kier alpha value is -4.06. The fourth-order valence-corrected chi connectivity index (χ4v) is 4.54. The van der Waals surface area contributed by atoms with Crippen molar-refractivity contribution in [1.29, 1.82) is 0 Å². The van der Waals surface area contributed by atoms with Crippen molar-refractivity contribution in [3.05, 3.63) is 88.9 Å². The Morgan fingerprint density at radius 2 is 2.03 bits per heavy atom. The molecule has 11 heteroatoms. The molecule has 0 aliphatic carbocycles. The third-order valence-electron chi connectivity index (χ3n) is 5.81. The van der Waals surface area contributed by atoms with Crippen LogP contribution < -0.4 is 15.6 Å². The third kappa shape index (κ3) is 4.85. The zero-order chi connectivity index (χ0) is 25.2. The quantitative estimate of drug-likeness (QED) is 0.204. The lowest BCUT2D eigenvalue weighted by Gasteiger charge is -2.15. The summed E-state index contributed by atoms with van der Waals surface area (Å²) >= 11 is -1.17. The van der Waals surface area contributed by atoms with Crippen molar-refractivity contribution in [2.45, 2.75) is 13.0 Å². The van der Waals surface area contributed by atoms with Crippen LogP contribution >= 0.6 is 0 Å². The number of fused-ring (bicyclic) bond motifs is 1. The second-order valence-corrected chi connectivity index (χ2v) is 9.50. The maximum atomic E-state index is 12.8. The number of rotatable bonds is 8. The molecular weight excluding hydrogens is 478 g/mol. The molecule has 0 aliphatic heterocycles. The summed E-state index contributed by atoms with van der Waals surface area (Å²) in [5, 5.41) is 13.9. The number of aliphatic hydroxyl groups is 1. The van der Waals surface area contributed by atoms with Crippen LogP contribution in [0.3, 0.4) is 0 Å². The molecule has 0 saturated heterocycles. The largest absolute Gasteiger partial charge is 0.593 e. The van der Waals surface area contributed by atoms with Crippen molar-refractivity contribution >= 4 is 33.8 Å². The summed E-state index contributed by atoms with van der Waals surface area (Å²) in [4.78, 5) is 27.6. The van der Waals surface area contributed by atoms with Crippen molar-refractivity contribution in [3.63, 3.8) is 0 Å². The summed E-state index contributed by atoms with van der Waals surface area (Å²) in [6, 6.07) is 12.8. The second kappa shape index (κ2) is 9.90. The number of aromatic nitrogens is 5. The number of anilines is 2. The van der Waals surface area contributed by atoms with Gasteiger partial charge in [-0.15, -0.1) is 0 Å². The summed E-state index contributed by atoms with van der Waals surface area (Å²) < 4.78 is 16.0. The van der Waals surface area contributed by atoms with Crippen LogP contribution in [0, 0.1) is 6.92 Å². The van der Waals surface area contributed by atoms with Gasteiger partial charge in [0, 0.05) is 30.8 Å². The van der Waals surface area contributed by atoms with E-state index in [1.807, 2.05) is 29.8 Å². The molecule has 0 spiro atoms. The van der Waals surface area contributed by atoms with Crippen LogP contribution in [0.4, 0.5) is 11.4 Å². The first-order chi connectivity index (χ1) is 17.4. The van der Waals surface area contributed by atoms with Crippen LogP contribution in [0.1, 0.15) is 17.2 Å². The fourth-order valence-electron chi connectivity index (χ4n) is 4.08. The highest BCUT2D eigenvalue weighted by molar-refractivity contribution is 7.92. The van der Waals surface area contributed by atoms with E-state index in [2.05, 4.69) is 25.0 Å². The van der Waals surface area contributed by atoms with E-state index in [1.54, 1.807) is 55.3 Å². The Balaban J connectivity index is 1.41. The first kappa shape index (κ1) is 23.7. The van der Waals surface area contributed by atoms with Gasteiger partial charge in [-0.3, -0.25) is 4.79 Å². The normalized spacial score (nSPS) is 13.0. The van der Waals surface area contributed by atoms with E-state index in [0.717, 1.165) is 22.3 Å². The van der Waals surface area contributed by atoms with Crippen molar-refractivity contribution < 1.29 is 9.66 Å². The second-order valence-electron chi connectivity index (χ2n) is 8.38. The Labute approximate surface area is 209 Å². The van der Waals surface area contributed by atoms with Crippen LogP contribution in [-0.4, -0.2) is 47.0 Å². The van der Waals surface area contributed by atoms with Gasteiger partial charge >= 0.3 is 0 Å². The predicted molar refractivity (Wildman–Crippen MR) is 142 cm³/mol. The molecule has 2 atom stereocenters. The van der Waals surface area contributed by atoms with E-state index >= 15 is 0 Å². The minimum atomic E-state index is -1.17. The number of benzene rings is 2. The van der Waals surface area contributed by atoms with Gasteiger partial charge in [-0.05, 0) is 48.4 Å². The molecule has 0 aliphatic rings. The zero-order valence-electron chi connectivity index (χ0n) is 19.6. The number of nitrogens with one attached hydrogen (secondary N) is 4. The maximum Gasteiger partial charge on any atom is 0.261 e. The molecule has 0 fully saturated rings. The van der Waals surface area contributed by atoms with Crippen LogP contribution in [0.5, 0.6) is 0 Å². The smallest absolute Gasteiger partial charge is 0.261 e. The topological polar surface area (TPSA) is 147 Å². The van der Waals surface area contributed by atoms with Crippen molar-refractivity contribution in [3.8, 4) is 17.1 Å². The Kier molecular flexibility index (Phi) is 6.51. The van der Waals surface area contributed by atoms with Crippen molar-refractivity contribution in [2.24, 2.45) is 0 Å². The molecule has 3 heterocycles. The molecule has 5 aromatic rings. The highest BCUT2D eigenvalue weighted by Crippen LogP contribution is 2.28. The first-order valence-corrected chi connectivity index (χ1v) is 12.8. The van der Waals surface area contributed by atoms with Gasteiger partial charge in [-0.25, -0.2) is 14.7 Å². The molecule has 2 unspecified atom stereocenters. The van der Waals surface area contributed by atoms with Crippen molar-refractivity contribution in [1.82, 2.24) is 24.5 Å². The molecule has 0 radical (unpaired) electrons. The number of H-pyrrole nitrogens is 2. The van der Waals surface area contributed by atoms with Gasteiger partial charge in [-0.1, -0.05) is 12.1 Å². The van der Waals surface area contributed by atoms with E-state index in [0.29, 0.717) is 28.3 Å². The Morgan fingerprint density at radius 3 is 2.75 bits per heavy atom. The van der Waals surface area contributed by atoms with Crippen LogP contribution in [0.15, 0.2) is 72.2 Å². The van der Waals surface area contributed by atoms with Crippen LogP contribution in [0.2, 0.25) is 0 Å². The summed E-state index contributed by atoms with van der Waals surface area (Å²) in [7, 11) is 0. The van der Waals surface area contributed by atoms with Crippen molar-refractivity contribution in [2.75, 3.05) is 22.8 Å². The Morgan fingerprint density at radius 1 is 1.22 bits per heavy atom. The molecule has 2 aromatic carbocycles. The van der Waals surface area contributed by atoms with Crippen LogP contribution in [0.25, 0.3) is 28.1 Å². The van der Waals surface area contributed by atoms with Gasteiger partial charge < -0.3 is 29.5 Å². The van der Waals surface area contributed by atoms with E-state index in [-0.39, 0.29) is 12.1 Å². The maximum absolute atomic E-state index is 12.8. The van der Waals surface area contributed by atoms with E-state index < -0.39 is 17.5 Å². The summed E-state index contributed by atoms with van der Waals surface area (Å²) in [6.07, 6.45) is 7.58. The lowest BCUT2D eigenvalue weighted by molar-refractivity contribution is 0.191. The highest BCUT2D eigenvalue weighted by atomic mass is 32.2. The third-order valence-corrected chi connectivity index (χ3v) is 6.33. The SMILES string of the molecule is Cc1cc(-n2ccnc2)cc2[nH]c(-c3c(NCC(O)c4ccc(N[S+](C)[O-])cc4)cc[nH]c3=O)nc12. The molecule has 0 saturated carbocycles. The van der Waals surface area contributed by atoms with E-state index in [9.17, 15) is 14.5 Å². The number of aryl methyl sites for hydroxylation is 1. The van der Waals surface area contributed by atoms with Gasteiger partial charge in [-0.2, -0.15) is 0 Å². The highest BCUT2D eigenvalue weighted by Gasteiger charge is 2.17. The summed E-state index contributed by atoms with van der Waals surface area (Å²) in [5.74, 6) is 0.428. The number of imidazole rings is 2. The molecule has 184 valence electrons. The summed E-state index contributed by atoms with van der Waals surface area (Å²) in [6.45, 7) is 2.14. The minimum Gasteiger partial charge on any atom is -0.593 e. The lowest BCUT2D eigenvalue weighted by atomic mass is 10.1. The number of aliphatic hydroxyl groups excluding tert-OH is 1. The minimum absolute atomic E-state index is 0.174. The number of hydrogen-bond donors (Lipinski definition) is 5. The zero-order valence-corrected chi connectivity index (χ0v) is 20.5. The number of aromatic amines is 2. The number of hydrogen-bond acceptors (Lipinski definition) is 7. The van der Waals surface area contributed by atoms with E-state index in [1.165, 1.54) is 0 Å². The molecule has 36 heavy (non-hydrogen) atoms.